The van der Waals surface area contributed by atoms with E-state index >= 15 is 0 Å². The van der Waals surface area contributed by atoms with Gasteiger partial charge in [-0.3, -0.25) is 0 Å². The van der Waals surface area contributed by atoms with E-state index in [0.29, 0.717) is 5.82 Å². The highest BCUT2D eigenvalue weighted by molar-refractivity contribution is 6.28. The molecule has 0 saturated carbocycles. The van der Waals surface area contributed by atoms with Crippen molar-refractivity contribution in [3.8, 4) is 67.3 Å². The first-order valence-corrected chi connectivity index (χ1v) is 19.8. The van der Waals surface area contributed by atoms with Gasteiger partial charge in [-0.05, 0) is 94.7 Å². The lowest BCUT2D eigenvalue weighted by Gasteiger charge is -2.19. The fourth-order valence-electron chi connectivity index (χ4n) is 8.65. The fraction of sp³-hybridized carbons (Fsp3) is 0. The predicted octanol–water partition coefficient (Wildman–Crippen LogP) is 15.1. The van der Waals surface area contributed by atoms with E-state index in [1.165, 1.54) is 71.1 Å². The average molecular weight is 737 g/mol. The number of benzene rings is 10. The van der Waals surface area contributed by atoms with Gasteiger partial charge in [0.15, 0.2) is 5.82 Å². The molecule has 0 amide bonds. The van der Waals surface area contributed by atoms with Gasteiger partial charge in [0.1, 0.15) is 0 Å². The van der Waals surface area contributed by atoms with E-state index in [1.54, 1.807) is 0 Å². The van der Waals surface area contributed by atoms with Crippen LogP contribution in [0.15, 0.2) is 218 Å². The molecule has 58 heavy (non-hydrogen) atoms. The first kappa shape index (κ1) is 33.6. The quantitative estimate of drug-likeness (QED) is 0.125. The van der Waals surface area contributed by atoms with Gasteiger partial charge in [-0.25, -0.2) is 9.97 Å². The van der Waals surface area contributed by atoms with Crippen molar-refractivity contribution < 1.29 is 0 Å². The second kappa shape index (κ2) is 14.1. The predicted molar refractivity (Wildman–Crippen MR) is 245 cm³/mol. The Labute approximate surface area is 337 Å². The molecule has 0 bridgehead atoms. The largest absolute Gasteiger partial charge is 0.228 e. The van der Waals surface area contributed by atoms with Gasteiger partial charge in [-0.1, -0.05) is 200 Å². The number of hydrogen-bond donors (Lipinski definition) is 0. The minimum atomic E-state index is 0.709. The monoisotopic (exact) mass is 736 g/mol. The van der Waals surface area contributed by atoms with Crippen molar-refractivity contribution in [2.75, 3.05) is 0 Å². The molecule has 0 saturated heterocycles. The molecule has 2 heteroatoms. The van der Waals surface area contributed by atoms with Gasteiger partial charge in [-0.2, -0.15) is 0 Å². The molecule has 0 atom stereocenters. The van der Waals surface area contributed by atoms with Crippen LogP contribution in [0.5, 0.6) is 0 Å². The molecule has 0 aliphatic carbocycles. The number of fused-ring (bicyclic) bond motifs is 5. The second-order valence-electron chi connectivity index (χ2n) is 14.9. The zero-order valence-corrected chi connectivity index (χ0v) is 31.7. The first-order valence-electron chi connectivity index (χ1n) is 19.8. The van der Waals surface area contributed by atoms with Crippen LogP contribution in [0.2, 0.25) is 0 Å². The summed E-state index contributed by atoms with van der Waals surface area (Å²) in [6.07, 6.45) is 0. The van der Waals surface area contributed by atoms with Gasteiger partial charge >= 0.3 is 0 Å². The van der Waals surface area contributed by atoms with Crippen LogP contribution in [0, 0.1) is 0 Å². The van der Waals surface area contributed by atoms with Gasteiger partial charge in [0.05, 0.1) is 11.4 Å². The summed E-state index contributed by atoms with van der Waals surface area (Å²) in [6.45, 7) is 0. The topological polar surface area (TPSA) is 25.8 Å². The highest BCUT2D eigenvalue weighted by atomic mass is 14.9. The molecular formula is C56H36N2. The van der Waals surface area contributed by atoms with Crippen LogP contribution in [0.25, 0.3) is 110 Å². The van der Waals surface area contributed by atoms with Gasteiger partial charge in [-0.15, -0.1) is 0 Å². The van der Waals surface area contributed by atoms with E-state index < -0.39 is 0 Å². The standard InChI is InChI=1S/C56H36N2/c1-4-14-37(15-5-1)38-24-26-40(27-25-38)51-36-52(58-56(57-51)42-19-8-3-9-20-42)45-30-28-44-35-46(31-29-43(44)34-45)54-49-23-13-12-22-48(49)53(41-17-6-2-7-18-41)50-33-32-39-16-10-11-21-47(39)55(50)54/h1-36H. The minimum Gasteiger partial charge on any atom is -0.228 e. The van der Waals surface area contributed by atoms with Crippen LogP contribution < -0.4 is 0 Å². The lowest BCUT2D eigenvalue weighted by atomic mass is 9.83. The molecule has 1 heterocycles. The molecule has 11 rings (SSSR count). The van der Waals surface area contributed by atoms with Crippen molar-refractivity contribution in [2.24, 2.45) is 0 Å². The Bertz CT molecular complexity index is 3300. The summed E-state index contributed by atoms with van der Waals surface area (Å²) in [5, 5.41) is 9.89. The van der Waals surface area contributed by atoms with E-state index in [1.807, 2.05) is 24.3 Å². The summed E-state index contributed by atoms with van der Waals surface area (Å²) in [6, 6.07) is 78.3. The Balaban J connectivity index is 1.06. The fourth-order valence-corrected chi connectivity index (χ4v) is 8.65. The summed E-state index contributed by atoms with van der Waals surface area (Å²) < 4.78 is 0. The molecule has 0 radical (unpaired) electrons. The normalized spacial score (nSPS) is 11.4. The summed E-state index contributed by atoms with van der Waals surface area (Å²) in [5.41, 5.74) is 12.2. The number of nitrogens with zero attached hydrogens (tertiary/aromatic N) is 2. The molecule has 0 fully saturated rings. The third kappa shape index (κ3) is 5.91. The summed E-state index contributed by atoms with van der Waals surface area (Å²) in [7, 11) is 0. The van der Waals surface area contributed by atoms with Crippen molar-refractivity contribution >= 4 is 43.1 Å². The Hall–Kier alpha value is -7.68. The Morgan fingerprint density at radius 3 is 1.40 bits per heavy atom. The number of rotatable bonds is 6. The molecule has 0 spiro atoms. The molecule has 0 aliphatic heterocycles. The van der Waals surface area contributed by atoms with Gasteiger partial charge in [0, 0.05) is 16.7 Å². The lowest BCUT2D eigenvalue weighted by molar-refractivity contribution is 1.18. The SMILES string of the molecule is c1ccc(-c2ccc(-c3cc(-c4ccc5cc(-c6c7ccccc7c(-c7ccccc7)c7ccc8ccccc8c67)ccc5c4)nc(-c4ccccc4)n3)cc2)cc1. The number of hydrogen-bond acceptors (Lipinski definition) is 2. The molecule has 270 valence electrons. The Kier molecular flexibility index (Phi) is 8.19. The Morgan fingerprint density at radius 1 is 0.241 bits per heavy atom. The molecule has 1 aromatic heterocycles. The molecule has 10 aromatic carbocycles. The van der Waals surface area contributed by atoms with Crippen LogP contribution in [-0.2, 0) is 0 Å². The van der Waals surface area contributed by atoms with Crippen molar-refractivity contribution in [2.45, 2.75) is 0 Å². The van der Waals surface area contributed by atoms with Crippen molar-refractivity contribution in [1.82, 2.24) is 9.97 Å². The van der Waals surface area contributed by atoms with E-state index in [4.69, 9.17) is 9.97 Å². The van der Waals surface area contributed by atoms with Crippen LogP contribution in [-0.4, -0.2) is 9.97 Å². The smallest absolute Gasteiger partial charge is 0.160 e. The molecule has 2 nitrogen and oxygen atoms in total. The third-order valence-corrected chi connectivity index (χ3v) is 11.4. The third-order valence-electron chi connectivity index (χ3n) is 11.4. The average Bonchev–Trinajstić information content (AvgIpc) is 3.31. The zero-order chi connectivity index (χ0) is 38.4. The highest BCUT2D eigenvalue weighted by Gasteiger charge is 2.19. The van der Waals surface area contributed by atoms with Crippen molar-refractivity contribution in [1.29, 1.82) is 0 Å². The van der Waals surface area contributed by atoms with Gasteiger partial charge < -0.3 is 0 Å². The maximum absolute atomic E-state index is 5.16. The summed E-state index contributed by atoms with van der Waals surface area (Å²) in [5.74, 6) is 0.709. The van der Waals surface area contributed by atoms with Crippen LogP contribution in [0.4, 0.5) is 0 Å². The molecular weight excluding hydrogens is 701 g/mol. The van der Waals surface area contributed by atoms with Crippen LogP contribution >= 0.6 is 0 Å². The lowest BCUT2D eigenvalue weighted by Crippen LogP contribution is -1.96. The van der Waals surface area contributed by atoms with Crippen molar-refractivity contribution in [3.63, 3.8) is 0 Å². The molecule has 0 unspecified atom stereocenters. The highest BCUT2D eigenvalue weighted by Crippen LogP contribution is 2.46. The first-order chi connectivity index (χ1) is 28.7. The maximum atomic E-state index is 5.16. The van der Waals surface area contributed by atoms with E-state index in [9.17, 15) is 0 Å². The van der Waals surface area contributed by atoms with Gasteiger partial charge in [0.2, 0.25) is 0 Å². The minimum absolute atomic E-state index is 0.709. The van der Waals surface area contributed by atoms with Crippen LogP contribution in [0.1, 0.15) is 0 Å². The molecule has 11 aromatic rings. The molecule has 0 aliphatic rings. The Morgan fingerprint density at radius 2 is 0.707 bits per heavy atom. The maximum Gasteiger partial charge on any atom is 0.160 e. The summed E-state index contributed by atoms with van der Waals surface area (Å²) >= 11 is 0. The van der Waals surface area contributed by atoms with E-state index in [0.717, 1.165) is 33.5 Å². The zero-order valence-electron chi connectivity index (χ0n) is 31.7. The molecule has 0 N–H and O–H groups in total. The van der Waals surface area contributed by atoms with E-state index in [-0.39, 0.29) is 0 Å². The van der Waals surface area contributed by atoms with Crippen LogP contribution in [0.3, 0.4) is 0 Å². The number of aromatic nitrogens is 2. The summed E-state index contributed by atoms with van der Waals surface area (Å²) in [4.78, 5) is 10.3. The second-order valence-corrected chi connectivity index (χ2v) is 14.9. The van der Waals surface area contributed by atoms with E-state index in [2.05, 4.69) is 194 Å². The van der Waals surface area contributed by atoms with Gasteiger partial charge in [0.25, 0.3) is 0 Å². The van der Waals surface area contributed by atoms with Crippen molar-refractivity contribution in [3.05, 3.63) is 218 Å².